The number of nitrogens with one attached hydrogen (secondary N) is 1. The number of hydrogen-bond acceptors (Lipinski definition) is 9. The van der Waals surface area contributed by atoms with Crippen LogP contribution in [0.5, 0.6) is 34.5 Å². The Balaban J connectivity index is 1.43. The summed E-state index contributed by atoms with van der Waals surface area (Å²) in [4.78, 5) is 15.5. The van der Waals surface area contributed by atoms with Crippen LogP contribution in [0.2, 0.25) is 0 Å². The van der Waals surface area contributed by atoms with Crippen molar-refractivity contribution in [1.82, 2.24) is 10.2 Å². The maximum absolute atomic E-state index is 13.5. The van der Waals surface area contributed by atoms with Gasteiger partial charge in [0.1, 0.15) is 17.1 Å². The number of hydrogen-bond donors (Lipinski definition) is 1. The van der Waals surface area contributed by atoms with E-state index in [9.17, 15) is 4.79 Å². The third kappa shape index (κ3) is 5.55. The van der Waals surface area contributed by atoms with Gasteiger partial charge in [-0.1, -0.05) is 0 Å². The second-order valence-corrected chi connectivity index (χ2v) is 9.76. The molecule has 0 saturated carbocycles. The first-order valence-electron chi connectivity index (χ1n) is 13.1. The Labute approximate surface area is 238 Å². The van der Waals surface area contributed by atoms with Crippen LogP contribution in [0.1, 0.15) is 17.2 Å². The third-order valence-corrected chi connectivity index (χ3v) is 7.16. The molecule has 2 heterocycles. The number of benzene rings is 3. The highest BCUT2D eigenvalue weighted by molar-refractivity contribution is 5.95. The second-order valence-electron chi connectivity index (χ2n) is 9.76. The number of rotatable bonds is 11. The van der Waals surface area contributed by atoms with Crippen LogP contribution < -0.4 is 33.7 Å². The van der Waals surface area contributed by atoms with Gasteiger partial charge in [0, 0.05) is 29.1 Å². The van der Waals surface area contributed by atoms with E-state index in [4.69, 9.17) is 32.8 Å². The van der Waals surface area contributed by atoms with Gasteiger partial charge in [0.25, 0.3) is 0 Å². The molecule has 216 valence electrons. The molecule has 0 bridgehead atoms. The lowest BCUT2D eigenvalue weighted by Crippen LogP contribution is -2.35. The van der Waals surface area contributed by atoms with Crippen LogP contribution in [0, 0.1) is 0 Å². The van der Waals surface area contributed by atoms with E-state index in [2.05, 4.69) is 5.32 Å². The van der Waals surface area contributed by atoms with Crippen LogP contribution in [0.15, 0.2) is 52.9 Å². The van der Waals surface area contributed by atoms with Crippen molar-refractivity contribution < 1.29 is 37.6 Å². The van der Waals surface area contributed by atoms with Crippen molar-refractivity contribution in [2.45, 2.75) is 12.5 Å². The van der Waals surface area contributed by atoms with Gasteiger partial charge in [0.05, 0.1) is 40.9 Å². The summed E-state index contributed by atoms with van der Waals surface area (Å²) in [6, 6.07) is 14.8. The van der Waals surface area contributed by atoms with Crippen molar-refractivity contribution in [2.75, 3.05) is 55.9 Å². The van der Waals surface area contributed by atoms with Crippen LogP contribution in [0.4, 0.5) is 0 Å². The summed E-state index contributed by atoms with van der Waals surface area (Å²) >= 11 is 0. The molecule has 3 aromatic carbocycles. The third-order valence-electron chi connectivity index (χ3n) is 7.16. The van der Waals surface area contributed by atoms with Crippen molar-refractivity contribution in [3.63, 3.8) is 0 Å². The standard InChI is InChI=1S/C31H34N2O8/c1-33(2)23(19-11-27(36-4)31(38-6)28(12-19)37-5)16-32-29(34)14-22-21-13-25-26(40-17-39-25)15-24(21)41-30(22)18-7-9-20(35-3)10-8-18/h7-13,15,23H,14,16-17H2,1-6H3,(H,32,34). The van der Waals surface area contributed by atoms with Gasteiger partial charge >= 0.3 is 0 Å². The van der Waals surface area contributed by atoms with Gasteiger partial charge in [0.15, 0.2) is 23.0 Å². The van der Waals surface area contributed by atoms with E-state index in [-0.39, 0.29) is 25.2 Å². The Morgan fingerprint density at radius 3 is 2.15 bits per heavy atom. The number of amides is 1. The molecule has 0 fully saturated rings. The van der Waals surface area contributed by atoms with Crippen LogP contribution in [-0.2, 0) is 11.2 Å². The van der Waals surface area contributed by atoms with Crippen molar-refractivity contribution >= 4 is 16.9 Å². The van der Waals surface area contributed by atoms with Crippen molar-refractivity contribution in [3.8, 4) is 45.8 Å². The van der Waals surface area contributed by atoms with Crippen molar-refractivity contribution in [3.05, 3.63) is 59.7 Å². The Morgan fingerprint density at radius 2 is 1.56 bits per heavy atom. The Morgan fingerprint density at radius 1 is 0.902 bits per heavy atom. The van der Waals surface area contributed by atoms with Gasteiger partial charge in [-0.3, -0.25) is 4.79 Å². The van der Waals surface area contributed by atoms with Gasteiger partial charge < -0.3 is 43.1 Å². The maximum Gasteiger partial charge on any atom is 0.231 e. The molecule has 1 atom stereocenters. The number of nitrogens with zero attached hydrogens (tertiary/aromatic N) is 1. The molecule has 5 rings (SSSR count). The number of ether oxygens (including phenoxy) is 6. The molecule has 0 radical (unpaired) electrons. The highest BCUT2D eigenvalue weighted by Crippen LogP contribution is 2.43. The summed E-state index contributed by atoms with van der Waals surface area (Å²) in [5.74, 6) is 4.03. The molecule has 1 aromatic heterocycles. The van der Waals surface area contributed by atoms with Crippen LogP contribution >= 0.6 is 0 Å². The minimum Gasteiger partial charge on any atom is -0.497 e. The average molecular weight is 563 g/mol. The molecule has 10 heteroatoms. The van der Waals surface area contributed by atoms with E-state index in [0.717, 1.165) is 27.8 Å². The topological polar surface area (TPSA) is 101 Å². The van der Waals surface area contributed by atoms with Crippen LogP contribution in [-0.4, -0.2) is 66.7 Å². The number of fused-ring (bicyclic) bond motifs is 2. The Kier molecular flexibility index (Phi) is 8.11. The van der Waals surface area contributed by atoms with E-state index in [1.54, 1.807) is 34.5 Å². The van der Waals surface area contributed by atoms with E-state index in [1.165, 1.54) is 0 Å². The van der Waals surface area contributed by atoms with Crippen LogP contribution in [0.25, 0.3) is 22.3 Å². The fourth-order valence-electron chi connectivity index (χ4n) is 5.01. The Hall–Kier alpha value is -4.57. The molecular formula is C31H34N2O8. The molecule has 0 saturated heterocycles. The normalized spacial score (nSPS) is 12.9. The summed E-state index contributed by atoms with van der Waals surface area (Å²) < 4.78 is 39.3. The summed E-state index contributed by atoms with van der Waals surface area (Å²) in [6.45, 7) is 0.500. The fraction of sp³-hybridized carbons (Fsp3) is 0.323. The number of furan rings is 1. The highest BCUT2D eigenvalue weighted by Gasteiger charge is 2.25. The molecule has 1 amide bonds. The van der Waals surface area contributed by atoms with Gasteiger partial charge in [-0.25, -0.2) is 0 Å². The lowest BCUT2D eigenvalue weighted by atomic mass is 10.0. The van der Waals surface area contributed by atoms with Crippen molar-refractivity contribution in [2.24, 2.45) is 0 Å². The first kappa shape index (κ1) is 28.0. The SMILES string of the molecule is COc1ccc(-c2oc3cc4c(cc3c2CC(=O)NCC(c2cc(OC)c(OC)c(OC)c2)N(C)C)OCO4)cc1. The molecule has 41 heavy (non-hydrogen) atoms. The lowest BCUT2D eigenvalue weighted by Gasteiger charge is -2.26. The zero-order valence-electron chi connectivity index (χ0n) is 24.0. The molecular weight excluding hydrogens is 528 g/mol. The smallest absolute Gasteiger partial charge is 0.231 e. The molecule has 1 N–H and O–H groups in total. The fourth-order valence-corrected chi connectivity index (χ4v) is 5.01. The van der Waals surface area contributed by atoms with Crippen LogP contribution in [0.3, 0.4) is 0 Å². The van der Waals surface area contributed by atoms with E-state index < -0.39 is 0 Å². The zero-order chi connectivity index (χ0) is 29.1. The average Bonchev–Trinajstić information content (AvgIpc) is 3.59. The minimum atomic E-state index is -0.163. The number of likely N-dealkylation sites (N-methyl/N-ethyl adjacent to an activating group) is 1. The van der Waals surface area contributed by atoms with E-state index in [0.29, 0.717) is 46.6 Å². The predicted molar refractivity (Wildman–Crippen MR) is 154 cm³/mol. The second kappa shape index (κ2) is 11.9. The zero-order valence-corrected chi connectivity index (χ0v) is 24.0. The van der Waals surface area contributed by atoms with E-state index in [1.807, 2.05) is 61.5 Å². The Bertz CT molecular complexity index is 1520. The molecule has 10 nitrogen and oxygen atoms in total. The first-order chi connectivity index (χ1) is 19.9. The monoisotopic (exact) mass is 562 g/mol. The highest BCUT2D eigenvalue weighted by atomic mass is 16.7. The first-order valence-corrected chi connectivity index (χ1v) is 13.1. The minimum absolute atomic E-state index is 0.101. The number of carbonyl (C=O) groups is 1. The summed E-state index contributed by atoms with van der Waals surface area (Å²) in [5, 5.41) is 3.90. The summed E-state index contributed by atoms with van der Waals surface area (Å²) in [5.41, 5.74) is 3.11. The van der Waals surface area contributed by atoms with Gasteiger partial charge in [-0.2, -0.15) is 0 Å². The number of carbonyl (C=O) groups excluding carboxylic acids is 1. The molecule has 1 aliphatic heterocycles. The number of methoxy groups -OCH3 is 4. The molecule has 4 aromatic rings. The maximum atomic E-state index is 13.5. The van der Waals surface area contributed by atoms with Crippen molar-refractivity contribution in [1.29, 1.82) is 0 Å². The lowest BCUT2D eigenvalue weighted by molar-refractivity contribution is -0.120. The molecule has 0 spiro atoms. The predicted octanol–water partition coefficient (Wildman–Crippen LogP) is 4.82. The summed E-state index contributed by atoms with van der Waals surface area (Å²) in [6.07, 6.45) is 0.101. The van der Waals surface area contributed by atoms with E-state index >= 15 is 0 Å². The molecule has 0 aliphatic carbocycles. The summed E-state index contributed by atoms with van der Waals surface area (Å²) in [7, 11) is 10.2. The quantitative estimate of drug-likeness (QED) is 0.276. The molecule has 1 aliphatic rings. The van der Waals surface area contributed by atoms with Gasteiger partial charge in [-0.15, -0.1) is 0 Å². The largest absolute Gasteiger partial charge is 0.497 e. The molecule has 1 unspecified atom stereocenters. The van der Waals surface area contributed by atoms with Gasteiger partial charge in [-0.05, 0) is 62.1 Å². The van der Waals surface area contributed by atoms with Gasteiger partial charge in [0.2, 0.25) is 18.4 Å².